The average Bonchev–Trinajstić information content (AvgIpc) is 2.82. The summed E-state index contributed by atoms with van der Waals surface area (Å²) < 4.78 is 1.65. The van der Waals surface area contributed by atoms with Gasteiger partial charge in [0.05, 0.1) is 6.54 Å². The number of nitrogens with zero attached hydrogens (tertiary/aromatic N) is 7. The van der Waals surface area contributed by atoms with Gasteiger partial charge in [0.25, 0.3) is 0 Å². The van der Waals surface area contributed by atoms with Gasteiger partial charge in [-0.15, -0.1) is 0 Å². The van der Waals surface area contributed by atoms with E-state index in [0.717, 1.165) is 6.54 Å². The summed E-state index contributed by atoms with van der Waals surface area (Å²) in [6, 6.07) is 0. The van der Waals surface area contributed by atoms with Gasteiger partial charge in [0.15, 0.2) is 5.82 Å². The molecule has 2 heterocycles. The normalized spacial score (nSPS) is 10.4. The summed E-state index contributed by atoms with van der Waals surface area (Å²) in [4.78, 5) is 18.9. The fourth-order valence-corrected chi connectivity index (χ4v) is 1.50. The summed E-state index contributed by atoms with van der Waals surface area (Å²) in [5.41, 5.74) is 0. The molecule has 0 aliphatic carbocycles. The van der Waals surface area contributed by atoms with Crippen LogP contribution >= 0.6 is 0 Å². The summed E-state index contributed by atoms with van der Waals surface area (Å²) in [6.45, 7) is 3.20. The third-order valence-electron chi connectivity index (χ3n) is 2.41. The molecule has 0 amide bonds. The number of aryl methyl sites for hydroxylation is 1. The monoisotopic (exact) mass is 277 g/mol. The van der Waals surface area contributed by atoms with Crippen LogP contribution in [0.4, 0.5) is 17.8 Å². The van der Waals surface area contributed by atoms with Crippen molar-refractivity contribution in [3.8, 4) is 0 Å². The Labute approximate surface area is 117 Å². The van der Waals surface area contributed by atoms with Gasteiger partial charge in [-0.25, -0.2) is 4.98 Å². The number of hydrogen-bond acceptors (Lipinski definition) is 8. The molecule has 0 spiro atoms. The predicted molar refractivity (Wildman–Crippen MR) is 76.6 cm³/mol. The summed E-state index contributed by atoms with van der Waals surface area (Å²) in [5, 5.41) is 10.4. The van der Waals surface area contributed by atoms with E-state index in [1.54, 1.807) is 11.0 Å². The fourth-order valence-electron chi connectivity index (χ4n) is 1.50. The minimum atomic E-state index is 0.462. The molecule has 0 aromatic carbocycles. The van der Waals surface area contributed by atoms with Gasteiger partial charge in [-0.1, -0.05) is 0 Å². The van der Waals surface area contributed by atoms with Crippen molar-refractivity contribution in [1.29, 1.82) is 0 Å². The summed E-state index contributed by atoms with van der Waals surface area (Å²) in [7, 11) is 5.59. The van der Waals surface area contributed by atoms with E-state index in [9.17, 15) is 0 Å². The Bertz CT molecular complexity index is 563. The molecule has 2 N–H and O–H groups in total. The first-order valence-corrected chi connectivity index (χ1v) is 6.34. The molecule has 2 aromatic rings. The van der Waals surface area contributed by atoms with Gasteiger partial charge in [0.2, 0.25) is 17.8 Å². The van der Waals surface area contributed by atoms with Gasteiger partial charge in [-0.05, 0) is 6.92 Å². The zero-order valence-corrected chi connectivity index (χ0v) is 12.1. The zero-order chi connectivity index (χ0) is 14.5. The topological polar surface area (TPSA) is 96.7 Å². The van der Waals surface area contributed by atoms with Crippen LogP contribution in [0.3, 0.4) is 0 Å². The highest BCUT2D eigenvalue weighted by Gasteiger charge is 2.08. The third kappa shape index (κ3) is 3.53. The van der Waals surface area contributed by atoms with Crippen LogP contribution in [0.15, 0.2) is 6.33 Å². The summed E-state index contributed by atoms with van der Waals surface area (Å²) >= 11 is 0. The first-order valence-electron chi connectivity index (χ1n) is 6.34. The van der Waals surface area contributed by atoms with Gasteiger partial charge in [-0.3, -0.25) is 4.68 Å². The van der Waals surface area contributed by atoms with E-state index in [2.05, 4.69) is 35.7 Å². The highest BCUT2D eigenvalue weighted by Crippen LogP contribution is 2.11. The van der Waals surface area contributed by atoms with Crippen LogP contribution in [-0.4, -0.2) is 50.4 Å². The lowest BCUT2D eigenvalue weighted by atomic mass is 10.6. The van der Waals surface area contributed by atoms with Crippen LogP contribution in [0.1, 0.15) is 12.7 Å². The number of aromatic nitrogens is 6. The second-order valence-corrected chi connectivity index (χ2v) is 4.40. The van der Waals surface area contributed by atoms with Crippen molar-refractivity contribution in [2.75, 3.05) is 36.2 Å². The van der Waals surface area contributed by atoms with E-state index in [1.807, 2.05) is 33.0 Å². The van der Waals surface area contributed by atoms with Gasteiger partial charge in [-0.2, -0.15) is 20.1 Å². The number of rotatable bonds is 6. The van der Waals surface area contributed by atoms with Crippen LogP contribution in [0.25, 0.3) is 0 Å². The molecule has 0 saturated carbocycles. The SMILES string of the molecule is CCNc1nc(NCc2ncn(C)n2)nc(N(C)C)n1. The number of nitrogens with one attached hydrogen (secondary N) is 2. The third-order valence-corrected chi connectivity index (χ3v) is 2.41. The summed E-state index contributed by atoms with van der Waals surface area (Å²) in [6.07, 6.45) is 1.65. The lowest BCUT2D eigenvalue weighted by Gasteiger charge is -2.13. The van der Waals surface area contributed by atoms with Crippen molar-refractivity contribution >= 4 is 17.8 Å². The van der Waals surface area contributed by atoms with Gasteiger partial charge < -0.3 is 15.5 Å². The van der Waals surface area contributed by atoms with Gasteiger partial charge >= 0.3 is 0 Å². The second kappa shape index (κ2) is 6.13. The Morgan fingerprint density at radius 2 is 1.85 bits per heavy atom. The molecular weight excluding hydrogens is 258 g/mol. The van der Waals surface area contributed by atoms with Crippen LogP contribution in [0.5, 0.6) is 0 Å². The summed E-state index contributed by atoms with van der Waals surface area (Å²) in [5.74, 6) is 2.31. The molecule has 9 heteroatoms. The molecule has 2 rings (SSSR count). The van der Waals surface area contributed by atoms with Crippen LogP contribution in [0.2, 0.25) is 0 Å². The minimum Gasteiger partial charge on any atom is -0.354 e. The fraction of sp³-hybridized carbons (Fsp3) is 0.545. The number of anilines is 3. The Morgan fingerprint density at radius 1 is 1.15 bits per heavy atom. The smallest absolute Gasteiger partial charge is 0.231 e. The molecule has 0 saturated heterocycles. The maximum Gasteiger partial charge on any atom is 0.231 e. The maximum atomic E-state index is 4.33. The van der Waals surface area contributed by atoms with E-state index in [-0.39, 0.29) is 0 Å². The van der Waals surface area contributed by atoms with Crippen molar-refractivity contribution in [2.24, 2.45) is 7.05 Å². The molecule has 0 aliphatic heterocycles. The van der Waals surface area contributed by atoms with E-state index in [4.69, 9.17) is 0 Å². The van der Waals surface area contributed by atoms with Crippen LogP contribution in [-0.2, 0) is 13.6 Å². The molecule has 9 nitrogen and oxygen atoms in total. The van der Waals surface area contributed by atoms with Crippen molar-refractivity contribution in [3.05, 3.63) is 12.2 Å². The van der Waals surface area contributed by atoms with Crippen molar-refractivity contribution < 1.29 is 0 Å². The highest BCUT2D eigenvalue weighted by atomic mass is 15.3. The zero-order valence-electron chi connectivity index (χ0n) is 12.1. The lowest BCUT2D eigenvalue weighted by molar-refractivity contribution is 0.746. The Morgan fingerprint density at radius 3 is 2.40 bits per heavy atom. The van der Waals surface area contributed by atoms with Crippen LogP contribution < -0.4 is 15.5 Å². The molecule has 2 aromatic heterocycles. The van der Waals surface area contributed by atoms with Gasteiger partial charge in [0.1, 0.15) is 6.33 Å². The molecule has 0 atom stereocenters. The number of hydrogen-bond donors (Lipinski definition) is 2. The van der Waals surface area contributed by atoms with E-state index < -0.39 is 0 Å². The van der Waals surface area contributed by atoms with E-state index in [0.29, 0.717) is 30.2 Å². The molecule has 0 bridgehead atoms. The molecule has 0 unspecified atom stereocenters. The van der Waals surface area contributed by atoms with Crippen molar-refractivity contribution in [2.45, 2.75) is 13.5 Å². The standard InChI is InChI=1S/C11H19N9/c1-5-12-9-15-10(17-11(16-9)19(2)3)13-6-8-14-7-20(4)18-8/h7H,5-6H2,1-4H3,(H2,12,13,15,16,17). The first-order chi connectivity index (χ1) is 9.58. The Kier molecular flexibility index (Phi) is 4.28. The largest absolute Gasteiger partial charge is 0.354 e. The Hall–Kier alpha value is -2.45. The average molecular weight is 277 g/mol. The van der Waals surface area contributed by atoms with Crippen LogP contribution in [0, 0.1) is 0 Å². The van der Waals surface area contributed by atoms with Crippen molar-refractivity contribution in [1.82, 2.24) is 29.7 Å². The van der Waals surface area contributed by atoms with E-state index >= 15 is 0 Å². The molecule has 0 radical (unpaired) electrons. The first kappa shape index (κ1) is 14.0. The van der Waals surface area contributed by atoms with Crippen molar-refractivity contribution in [3.63, 3.8) is 0 Å². The van der Waals surface area contributed by atoms with E-state index in [1.165, 1.54) is 0 Å². The predicted octanol–water partition coefficient (Wildman–Crippen LogP) is 0.110. The maximum absolute atomic E-state index is 4.33. The lowest BCUT2D eigenvalue weighted by Crippen LogP contribution is -2.17. The Balaban J connectivity index is 2.13. The highest BCUT2D eigenvalue weighted by molar-refractivity contribution is 5.42. The molecule has 108 valence electrons. The molecule has 0 fully saturated rings. The minimum absolute atomic E-state index is 0.462. The van der Waals surface area contributed by atoms with Gasteiger partial charge in [0, 0.05) is 27.7 Å². The quantitative estimate of drug-likeness (QED) is 0.768. The molecule has 20 heavy (non-hydrogen) atoms. The molecular formula is C11H19N9. The molecule has 0 aliphatic rings. The second-order valence-electron chi connectivity index (χ2n) is 4.40.